The zero-order valence-electron chi connectivity index (χ0n) is 21.9. The van der Waals surface area contributed by atoms with Crippen molar-refractivity contribution in [1.29, 1.82) is 5.26 Å². The van der Waals surface area contributed by atoms with Gasteiger partial charge in [-0.05, 0) is 49.4 Å². The van der Waals surface area contributed by atoms with E-state index in [4.69, 9.17) is 16.6 Å². The number of hydrogen-bond acceptors (Lipinski definition) is 4. The fraction of sp³-hybridized carbons (Fsp3) is 0.0303. The number of nitriles is 1. The van der Waals surface area contributed by atoms with Crippen LogP contribution in [0.1, 0.15) is 11.1 Å². The summed E-state index contributed by atoms with van der Waals surface area (Å²) in [5, 5.41) is 11.8. The number of halogens is 1. The summed E-state index contributed by atoms with van der Waals surface area (Å²) in [7, 11) is -3.74. The van der Waals surface area contributed by atoms with Crippen LogP contribution in [0.25, 0.3) is 44.5 Å². The quantitative estimate of drug-likeness (QED) is 0.209. The number of nitrogens with one attached hydrogen (secondary N) is 2. The van der Waals surface area contributed by atoms with Gasteiger partial charge in [-0.15, -0.1) is 0 Å². The number of sulfonamides is 1. The molecule has 6 nitrogen and oxygen atoms in total. The van der Waals surface area contributed by atoms with Crippen LogP contribution in [-0.4, -0.2) is 18.4 Å². The summed E-state index contributed by atoms with van der Waals surface area (Å²) >= 11 is 6.60. The van der Waals surface area contributed by atoms with E-state index < -0.39 is 10.0 Å². The van der Waals surface area contributed by atoms with Gasteiger partial charge in [0.05, 0.1) is 21.8 Å². The van der Waals surface area contributed by atoms with E-state index in [1.54, 1.807) is 54.6 Å². The van der Waals surface area contributed by atoms with Gasteiger partial charge in [0.2, 0.25) is 0 Å². The zero-order valence-corrected chi connectivity index (χ0v) is 23.5. The summed E-state index contributed by atoms with van der Waals surface area (Å²) in [6.45, 7) is 1.90. The molecule has 0 radical (unpaired) electrons. The largest absolute Gasteiger partial charge is 0.360 e. The number of rotatable bonds is 6. The van der Waals surface area contributed by atoms with Crippen LogP contribution < -0.4 is 4.72 Å². The van der Waals surface area contributed by atoms with Gasteiger partial charge in [0, 0.05) is 50.1 Å². The third kappa shape index (κ3) is 5.07. The molecule has 0 unspecified atom stereocenters. The first kappa shape index (κ1) is 26.3. The molecule has 2 heterocycles. The number of pyridine rings is 1. The Kier molecular flexibility index (Phi) is 6.80. The minimum Gasteiger partial charge on any atom is -0.360 e. The molecule has 8 heteroatoms. The van der Waals surface area contributed by atoms with Crippen molar-refractivity contribution in [3.63, 3.8) is 0 Å². The second-order valence-corrected chi connectivity index (χ2v) is 11.7. The summed E-state index contributed by atoms with van der Waals surface area (Å²) in [6.07, 6.45) is 1.86. The Balaban J connectivity index is 1.46. The molecule has 0 bridgehead atoms. The van der Waals surface area contributed by atoms with Gasteiger partial charge in [-0.1, -0.05) is 77.8 Å². The number of anilines is 1. The topological polar surface area (TPSA) is 98.6 Å². The monoisotopic (exact) mass is 574 g/mol. The van der Waals surface area contributed by atoms with Crippen LogP contribution in [0.4, 0.5) is 5.69 Å². The first-order valence-electron chi connectivity index (χ1n) is 12.8. The van der Waals surface area contributed by atoms with E-state index in [9.17, 15) is 13.7 Å². The van der Waals surface area contributed by atoms with E-state index in [1.165, 1.54) is 0 Å². The number of hydrogen-bond donors (Lipinski definition) is 2. The molecule has 200 valence electrons. The maximum atomic E-state index is 12.9. The summed E-state index contributed by atoms with van der Waals surface area (Å²) in [6, 6.07) is 33.1. The van der Waals surface area contributed by atoms with Crippen molar-refractivity contribution in [3.8, 4) is 39.7 Å². The molecule has 0 atom stereocenters. The van der Waals surface area contributed by atoms with E-state index in [0.717, 1.165) is 33.2 Å². The molecule has 0 saturated carbocycles. The Hall–Kier alpha value is -4.90. The average Bonchev–Trinajstić information content (AvgIpc) is 3.41. The highest BCUT2D eigenvalue weighted by molar-refractivity contribution is 7.92. The summed E-state index contributed by atoms with van der Waals surface area (Å²) in [5.41, 5.74) is 6.82. The highest BCUT2D eigenvalue weighted by atomic mass is 35.5. The van der Waals surface area contributed by atoms with E-state index in [0.29, 0.717) is 33.2 Å². The number of aryl methyl sites for hydroxylation is 1. The minimum atomic E-state index is -3.74. The molecule has 0 aliphatic carbocycles. The highest BCUT2D eigenvalue weighted by Crippen LogP contribution is 2.39. The van der Waals surface area contributed by atoms with Gasteiger partial charge in [0.25, 0.3) is 10.0 Å². The lowest BCUT2D eigenvalue weighted by atomic mass is 9.94. The lowest BCUT2D eigenvalue weighted by Crippen LogP contribution is -2.12. The molecule has 0 aliphatic rings. The van der Waals surface area contributed by atoms with Gasteiger partial charge in [-0.3, -0.25) is 4.72 Å². The van der Waals surface area contributed by atoms with E-state index in [2.05, 4.69) is 15.8 Å². The Morgan fingerprint density at radius 3 is 2.29 bits per heavy atom. The van der Waals surface area contributed by atoms with Crippen molar-refractivity contribution in [2.45, 2.75) is 11.8 Å². The number of fused-ring (bicyclic) bond motifs is 1. The molecule has 2 N–H and O–H groups in total. The van der Waals surface area contributed by atoms with Crippen LogP contribution in [0.5, 0.6) is 0 Å². The third-order valence-corrected chi connectivity index (χ3v) is 8.63. The summed E-state index contributed by atoms with van der Waals surface area (Å²) in [4.78, 5) is 8.42. The predicted octanol–water partition coefficient (Wildman–Crippen LogP) is 8.20. The molecule has 0 spiro atoms. The van der Waals surface area contributed by atoms with Crippen molar-refractivity contribution in [3.05, 3.63) is 125 Å². The molecule has 0 saturated heterocycles. The molecular weight excluding hydrogens is 552 g/mol. The number of benzene rings is 4. The highest BCUT2D eigenvalue weighted by Gasteiger charge is 2.21. The van der Waals surface area contributed by atoms with Gasteiger partial charge in [0.1, 0.15) is 6.07 Å². The third-order valence-electron chi connectivity index (χ3n) is 6.90. The number of nitrogens with zero attached hydrogens (tertiary/aromatic N) is 2. The van der Waals surface area contributed by atoms with Gasteiger partial charge < -0.3 is 4.98 Å². The molecule has 2 aromatic heterocycles. The van der Waals surface area contributed by atoms with Crippen LogP contribution in [0.2, 0.25) is 5.02 Å². The Morgan fingerprint density at radius 2 is 1.56 bits per heavy atom. The molecular formula is C33H23ClN4O2S. The second-order valence-electron chi connectivity index (χ2n) is 9.61. The van der Waals surface area contributed by atoms with Crippen molar-refractivity contribution >= 4 is 38.2 Å². The van der Waals surface area contributed by atoms with Crippen LogP contribution in [0, 0.1) is 18.3 Å². The smallest absolute Gasteiger partial charge is 0.261 e. The van der Waals surface area contributed by atoms with E-state index in [-0.39, 0.29) is 4.90 Å². The molecule has 0 amide bonds. The lowest BCUT2D eigenvalue weighted by Gasteiger charge is -2.14. The fourth-order valence-corrected chi connectivity index (χ4v) is 6.10. The van der Waals surface area contributed by atoms with Gasteiger partial charge in [-0.2, -0.15) is 5.26 Å². The van der Waals surface area contributed by atoms with Crippen molar-refractivity contribution in [2.24, 2.45) is 0 Å². The second kappa shape index (κ2) is 10.6. The number of aromatic amines is 1. The number of H-pyrrole nitrogens is 1. The normalized spacial score (nSPS) is 11.3. The van der Waals surface area contributed by atoms with Gasteiger partial charge in [-0.25, -0.2) is 13.4 Å². The molecule has 41 heavy (non-hydrogen) atoms. The Labute approximate surface area is 243 Å². The molecule has 0 fully saturated rings. The Bertz CT molecular complexity index is 2060. The van der Waals surface area contributed by atoms with Gasteiger partial charge >= 0.3 is 0 Å². The van der Waals surface area contributed by atoms with Crippen molar-refractivity contribution < 1.29 is 8.42 Å². The lowest BCUT2D eigenvalue weighted by molar-refractivity contribution is 0.601. The minimum absolute atomic E-state index is 0.189. The van der Waals surface area contributed by atoms with Gasteiger partial charge in [0.15, 0.2) is 0 Å². The van der Waals surface area contributed by atoms with Crippen LogP contribution in [-0.2, 0) is 10.0 Å². The first-order chi connectivity index (χ1) is 19.8. The van der Waals surface area contributed by atoms with Crippen LogP contribution >= 0.6 is 11.6 Å². The standard InChI is InChI=1S/C33H23ClN4O2S/c1-21-10-16-24(17-11-21)41(39,40)38-23-14-12-22(13-15-23)32-18-27(25-6-2-4-8-30(25)34)28(19-35)33(37-32)29-20-36-31-9-5-3-7-26(29)31/h2-18,20,36,38H,1H3. The predicted molar refractivity (Wildman–Crippen MR) is 164 cm³/mol. The molecule has 4 aromatic carbocycles. The van der Waals surface area contributed by atoms with E-state index in [1.807, 2.05) is 61.7 Å². The maximum Gasteiger partial charge on any atom is 0.261 e. The Morgan fingerprint density at radius 1 is 0.854 bits per heavy atom. The zero-order chi connectivity index (χ0) is 28.6. The van der Waals surface area contributed by atoms with Crippen molar-refractivity contribution in [2.75, 3.05) is 4.72 Å². The summed E-state index contributed by atoms with van der Waals surface area (Å²) < 4.78 is 28.4. The van der Waals surface area contributed by atoms with E-state index >= 15 is 0 Å². The molecule has 6 rings (SSSR count). The average molecular weight is 575 g/mol. The van der Waals surface area contributed by atoms with Crippen molar-refractivity contribution in [1.82, 2.24) is 9.97 Å². The maximum absolute atomic E-state index is 12.9. The first-order valence-corrected chi connectivity index (χ1v) is 14.7. The SMILES string of the molecule is Cc1ccc(S(=O)(=O)Nc2ccc(-c3cc(-c4ccccc4Cl)c(C#N)c(-c4c[nH]c5ccccc45)n3)cc2)cc1. The summed E-state index contributed by atoms with van der Waals surface area (Å²) in [5.74, 6) is 0. The number of para-hydroxylation sites is 1. The molecule has 6 aromatic rings. The van der Waals surface area contributed by atoms with Crippen LogP contribution in [0.3, 0.4) is 0 Å². The van der Waals surface area contributed by atoms with Crippen LogP contribution in [0.15, 0.2) is 114 Å². The fourth-order valence-electron chi connectivity index (χ4n) is 4.80. The number of aromatic nitrogens is 2. The molecule has 0 aliphatic heterocycles.